The Kier molecular flexibility index (Phi) is 3.58. The topological polar surface area (TPSA) is 3.88 Å². The summed E-state index contributed by atoms with van der Waals surface area (Å²) >= 11 is 1.84. The van der Waals surface area contributed by atoms with Crippen LogP contribution >= 0.6 is 11.3 Å². The lowest BCUT2D eigenvalue weighted by Crippen LogP contribution is -2.68. The highest BCUT2D eigenvalue weighted by Crippen LogP contribution is 2.52. The maximum atomic E-state index is 2.59. The Balaban J connectivity index is 2.20. The summed E-state index contributed by atoms with van der Waals surface area (Å²) in [5, 5.41) is 3.62. The number of pyridine rings is 1. The predicted molar refractivity (Wildman–Crippen MR) is 104 cm³/mol. The largest absolute Gasteiger partial charge is 0.222 e. The summed E-state index contributed by atoms with van der Waals surface area (Å²) in [6.45, 7) is 9.55. The Morgan fingerprint density at radius 3 is 2.42 bits per heavy atom. The summed E-state index contributed by atoms with van der Waals surface area (Å²) in [6.07, 6.45) is 5.81. The van der Waals surface area contributed by atoms with Crippen LogP contribution in [-0.2, 0) is 11.0 Å². The molecule has 24 heavy (non-hydrogen) atoms. The van der Waals surface area contributed by atoms with Gasteiger partial charge in [-0.15, -0.1) is 11.3 Å². The van der Waals surface area contributed by atoms with Crippen molar-refractivity contribution in [2.24, 2.45) is 0 Å². The maximum absolute atomic E-state index is 2.59. The molecule has 1 aromatic carbocycles. The molecule has 2 aromatic heterocycles. The summed E-state index contributed by atoms with van der Waals surface area (Å²) in [4.78, 5) is 0. The van der Waals surface area contributed by atoms with Gasteiger partial charge in [0.25, 0.3) is 0 Å². The molecule has 2 heteroatoms. The Hall–Kier alpha value is -1.67. The van der Waals surface area contributed by atoms with E-state index in [1.807, 2.05) is 11.3 Å². The summed E-state index contributed by atoms with van der Waals surface area (Å²) in [7, 11) is 0. The minimum absolute atomic E-state index is 0.0936. The molecule has 1 atom stereocenters. The molecular formula is C22H26NS+. The van der Waals surface area contributed by atoms with E-state index in [0.717, 1.165) is 6.42 Å². The Bertz CT molecular complexity index is 903. The van der Waals surface area contributed by atoms with Gasteiger partial charge in [0.05, 0.1) is 16.4 Å². The minimum Gasteiger partial charge on any atom is -0.192 e. The third kappa shape index (κ3) is 1.73. The molecule has 0 saturated heterocycles. The number of nitrogens with zero attached hydrogens (tertiary/aromatic N) is 1. The summed E-state index contributed by atoms with van der Waals surface area (Å²) in [5.74, 6) is 0. The van der Waals surface area contributed by atoms with Crippen molar-refractivity contribution in [2.75, 3.05) is 0 Å². The third-order valence-corrected chi connectivity index (χ3v) is 7.60. The molecule has 0 amide bonds. The SMILES string of the molecule is CCC1(CC)c2ccccc2-c2c3ccsc3cc[n+]2C1(C)CC. The van der Waals surface area contributed by atoms with E-state index in [1.54, 1.807) is 0 Å². The molecule has 0 fully saturated rings. The van der Waals surface area contributed by atoms with Crippen LogP contribution in [0.4, 0.5) is 0 Å². The van der Waals surface area contributed by atoms with Crippen molar-refractivity contribution in [3.8, 4) is 11.3 Å². The number of aromatic nitrogens is 1. The number of benzene rings is 1. The molecule has 0 N–H and O–H groups in total. The van der Waals surface area contributed by atoms with Crippen LogP contribution in [0.2, 0.25) is 0 Å². The lowest BCUT2D eigenvalue weighted by Gasteiger charge is -2.48. The summed E-state index contributed by atoms with van der Waals surface area (Å²) < 4.78 is 3.98. The van der Waals surface area contributed by atoms with Crippen molar-refractivity contribution >= 4 is 21.4 Å². The van der Waals surface area contributed by atoms with Crippen LogP contribution in [0.15, 0.2) is 48.0 Å². The lowest BCUT2D eigenvalue weighted by molar-refractivity contribution is -0.765. The van der Waals surface area contributed by atoms with Gasteiger partial charge < -0.3 is 0 Å². The van der Waals surface area contributed by atoms with Crippen LogP contribution in [0.1, 0.15) is 52.5 Å². The highest BCUT2D eigenvalue weighted by molar-refractivity contribution is 7.17. The molecule has 3 heterocycles. The fraction of sp³-hybridized carbons (Fsp3) is 0.409. The second kappa shape index (κ2) is 5.42. The quantitative estimate of drug-likeness (QED) is 0.512. The van der Waals surface area contributed by atoms with Gasteiger partial charge in [0.2, 0.25) is 5.69 Å². The fourth-order valence-corrected chi connectivity index (χ4v) is 5.99. The van der Waals surface area contributed by atoms with Crippen LogP contribution < -0.4 is 4.57 Å². The standard InChI is InChI=1S/C22H26NS/c1-5-21(4)22(6-2,7-3)18-11-9-8-10-16(18)20-17-13-15-24-19(17)12-14-23(20)21/h8-15H,5-7H2,1-4H3/q+1. The molecule has 124 valence electrons. The molecule has 1 unspecified atom stereocenters. The van der Waals surface area contributed by atoms with Crippen molar-refractivity contribution in [1.82, 2.24) is 0 Å². The molecule has 3 aromatic rings. The smallest absolute Gasteiger partial charge is 0.192 e. The van der Waals surface area contributed by atoms with Gasteiger partial charge in [-0.25, -0.2) is 0 Å². The number of hydrogen-bond acceptors (Lipinski definition) is 1. The minimum atomic E-state index is 0.0936. The van der Waals surface area contributed by atoms with Crippen LogP contribution in [0.25, 0.3) is 21.3 Å². The number of rotatable bonds is 3. The average Bonchev–Trinajstić information content (AvgIpc) is 3.11. The summed E-state index contributed by atoms with van der Waals surface area (Å²) in [6, 6.07) is 13.7. The van der Waals surface area contributed by atoms with Gasteiger partial charge in [0.1, 0.15) is 0 Å². The average molecular weight is 337 g/mol. The zero-order chi connectivity index (χ0) is 16.9. The molecule has 1 aliphatic heterocycles. The van der Waals surface area contributed by atoms with E-state index in [1.165, 1.54) is 39.7 Å². The first kappa shape index (κ1) is 15.8. The van der Waals surface area contributed by atoms with Gasteiger partial charge >= 0.3 is 0 Å². The van der Waals surface area contributed by atoms with Gasteiger partial charge in [-0.2, -0.15) is 4.57 Å². The second-order valence-electron chi connectivity index (χ2n) is 7.20. The molecule has 0 saturated carbocycles. The Morgan fingerprint density at radius 2 is 1.71 bits per heavy atom. The van der Waals surface area contributed by atoms with E-state index in [2.05, 4.69) is 80.2 Å². The highest BCUT2D eigenvalue weighted by atomic mass is 32.1. The summed E-state index contributed by atoms with van der Waals surface area (Å²) in [5.41, 5.74) is 4.65. The Labute approximate surface area is 149 Å². The molecule has 1 nitrogen and oxygen atoms in total. The lowest BCUT2D eigenvalue weighted by atomic mass is 9.58. The molecule has 0 radical (unpaired) electrons. The normalized spacial score (nSPS) is 21.5. The van der Waals surface area contributed by atoms with E-state index in [0.29, 0.717) is 0 Å². The van der Waals surface area contributed by atoms with Crippen molar-refractivity contribution < 1.29 is 4.57 Å². The van der Waals surface area contributed by atoms with Crippen LogP contribution in [0, 0.1) is 0 Å². The monoisotopic (exact) mass is 336 g/mol. The van der Waals surface area contributed by atoms with Crippen molar-refractivity contribution in [3.63, 3.8) is 0 Å². The molecule has 0 bridgehead atoms. The van der Waals surface area contributed by atoms with Gasteiger partial charge in [-0.05, 0) is 35.9 Å². The Morgan fingerprint density at radius 1 is 0.958 bits per heavy atom. The molecule has 4 rings (SSSR count). The third-order valence-electron chi connectivity index (χ3n) is 6.72. The van der Waals surface area contributed by atoms with Crippen LogP contribution in [0.5, 0.6) is 0 Å². The van der Waals surface area contributed by atoms with Crippen molar-refractivity contribution in [3.05, 3.63) is 53.5 Å². The van der Waals surface area contributed by atoms with E-state index < -0.39 is 0 Å². The first-order valence-electron chi connectivity index (χ1n) is 9.15. The molecule has 0 spiro atoms. The molecule has 0 aliphatic carbocycles. The van der Waals surface area contributed by atoms with Gasteiger partial charge in [-0.3, -0.25) is 0 Å². The van der Waals surface area contributed by atoms with Gasteiger partial charge in [0, 0.05) is 24.1 Å². The zero-order valence-corrected chi connectivity index (χ0v) is 15.9. The zero-order valence-electron chi connectivity index (χ0n) is 15.1. The number of fused-ring (bicyclic) bond motifs is 5. The predicted octanol–water partition coefficient (Wildman–Crippen LogP) is 6.05. The van der Waals surface area contributed by atoms with Crippen molar-refractivity contribution in [1.29, 1.82) is 0 Å². The van der Waals surface area contributed by atoms with Crippen LogP contribution in [0.3, 0.4) is 0 Å². The second-order valence-corrected chi connectivity index (χ2v) is 8.14. The van der Waals surface area contributed by atoms with E-state index in [9.17, 15) is 0 Å². The molecular weight excluding hydrogens is 310 g/mol. The highest BCUT2D eigenvalue weighted by Gasteiger charge is 2.58. The van der Waals surface area contributed by atoms with Gasteiger partial charge in [-0.1, -0.05) is 39.0 Å². The van der Waals surface area contributed by atoms with E-state index >= 15 is 0 Å². The van der Waals surface area contributed by atoms with Gasteiger partial charge in [0.15, 0.2) is 11.7 Å². The number of hydrogen-bond donors (Lipinski definition) is 0. The van der Waals surface area contributed by atoms with E-state index in [-0.39, 0.29) is 11.0 Å². The fourth-order valence-electron chi connectivity index (χ4n) is 5.21. The first-order chi connectivity index (χ1) is 11.6. The van der Waals surface area contributed by atoms with Crippen LogP contribution in [-0.4, -0.2) is 0 Å². The van der Waals surface area contributed by atoms with E-state index in [4.69, 9.17) is 0 Å². The number of thiophene rings is 1. The van der Waals surface area contributed by atoms with Crippen molar-refractivity contribution in [2.45, 2.75) is 57.9 Å². The first-order valence-corrected chi connectivity index (χ1v) is 10.0. The maximum Gasteiger partial charge on any atom is 0.222 e. The molecule has 1 aliphatic rings.